The van der Waals surface area contributed by atoms with Crippen LogP contribution in [-0.4, -0.2) is 41.6 Å². The standard InChI is InChI=1S/C19H19N3O4/c1-2-26-14-9-7-13(8-10-14)20-17(23)11-12-22-18(24)15-5-3-4-6-16(15)21-19(22)25/h3-10,15H,2,11-12H2,1H3,(H,20,23). The number of aliphatic imine (C=N–C) groups is 1. The summed E-state index contributed by atoms with van der Waals surface area (Å²) in [5.41, 5.74) is 1.06. The first-order valence-electron chi connectivity index (χ1n) is 8.40. The molecule has 0 radical (unpaired) electrons. The molecule has 1 aromatic carbocycles. The van der Waals surface area contributed by atoms with Crippen LogP contribution in [0.1, 0.15) is 13.3 Å². The third-order valence-corrected chi connectivity index (χ3v) is 4.00. The Morgan fingerprint density at radius 3 is 2.73 bits per heavy atom. The highest BCUT2D eigenvalue weighted by Gasteiger charge is 2.35. The summed E-state index contributed by atoms with van der Waals surface area (Å²) in [7, 11) is 0. The normalized spacial score (nSPS) is 18.4. The van der Waals surface area contributed by atoms with Crippen LogP contribution in [0.25, 0.3) is 0 Å². The number of hydrogen-bond acceptors (Lipinski definition) is 4. The molecule has 1 atom stereocenters. The zero-order chi connectivity index (χ0) is 18.5. The van der Waals surface area contributed by atoms with Crippen molar-refractivity contribution in [1.82, 2.24) is 4.90 Å². The van der Waals surface area contributed by atoms with Crippen LogP contribution in [0.3, 0.4) is 0 Å². The molecule has 4 amide bonds. The van der Waals surface area contributed by atoms with Gasteiger partial charge in [0.15, 0.2) is 0 Å². The van der Waals surface area contributed by atoms with E-state index >= 15 is 0 Å². The van der Waals surface area contributed by atoms with Gasteiger partial charge in [-0.1, -0.05) is 18.2 Å². The average Bonchev–Trinajstić information content (AvgIpc) is 2.63. The number of rotatable bonds is 6. The van der Waals surface area contributed by atoms with Crippen molar-refractivity contribution in [3.63, 3.8) is 0 Å². The van der Waals surface area contributed by atoms with Crippen molar-refractivity contribution in [3.05, 3.63) is 48.6 Å². The number of urea groups is 1. The summed E-state index contributed by atoms with van der Waals surface area (Å²) in [4.78, 5) is 41.5. The molecule has 1 unspecified atom stereocenters. The first kappa shape index (κ1) is 17.6. The molecule has 0 bridgehead atoms. The van der Waals surface area contributed by atoms with E-state index in [-0.39, 0.29) is 24.8 Å². The van der Waals surface area contributed by atoms with Gasteiger partial charge in [0.25, 0.3) is 0 Å². The van der Waals surface area contributed by atoms with Crippen LogP contribution in [0, 0.1) is 5.92 Å². The summed E-state index contributed by atoms with van der Waals surface area (Å²) < 4.78 is 5.34. The highest BCUT2D eigenvalue weighted by molar-refractivity contribution is 6.21. The molecule has 1 aromatic rings. The molecule has 1 aliphatic heterocycles. The first-order chi connectivity index (χ1) is 12.6. The van der Waals surface area contributed by atoms with E-state index in [2.05, 4.69) is 10.3 Å². The molecule has 7 heteroatoms. The van der Waals surface area contributed by atoms with Gasteiger partial charge in [-0.15, -0.1) is 0 Å². The van der Waals surface area contributed by atoms with Gasteiger partial charge in [0.2, 0.25) is 11.8 Å². The molecule has 0 spiro atoms. The zero-order valence-electron chi connectivity index (χ0n) is 14.3. The van der Waals surface area contributed by atoms with Gasteiger partial charge >= 0.3 is 6.03 Å². The minimum absolute atomic E-state index is 0.00180. The van der Waals surface area contributed by atoms with E-state index in [1.807, 2.05) is 6.92 Å². The molecule has 0 fully saturated rings. The predicted molar refractivity (Wildman–Crippen MR) is 97.2 cm³/mol. The summed E-state index contributed by atoms with van der Waals surface area (Å²) in [5.74, 6) is -0.469. The van der Waals surface area contributed by atoms with Crippen molar-refractivity contribution < 1.29 is 19.1 Å². The third-order valence-electron chi connectivity index (χ3n) is 4.00. The first-order valence-corrected chi connectivity index (χ1v) is 8.40. The maximum Gasteiger partial charge on any atom is 0.350 e. The number of allylic oxidation sites excluding steroid dienone is 3. The largest absolute Gasteiger partial charge is 0.494 e. The molecule has 2 aliphatic rings. The SMILES string of the molecule is CCOc1ccc(NC(=O)CCN2C(=O)N=C3C=CC=CC3C2=O)cc1. The van der Waals surface area contributed by atoms with E-state index in [4.69, 9.17) is 4.74 Å². The van der Waals surface area contributed by atoms with Crippen LogP contribution in [0.4, 0.5) is 10.5 Å². The van der Waals surface area contributed by atoms with Crippen LogP contribution in [0.5, 0.6) is 5.75 Å². The Balaban J connectivity index is 1.56. The highest BCUT2D eigenvalue weighted by Crippen LogP contribution is 2.20. The number of nitrogens with one attached hydrogen (secondary N) is 1. The maximum atomic E-state index is 12.4. The second-order valence-electron chi connectivity index (χ2n) is 5.79. The van der Waals surface area contributed by atoms with E-state index in [0.29, 0.717) is 18.0 Å². The highest BCUT2D eigenvalue weighted by atomic mass is 16.5. The molecule has 134 valence electrons. The van der Waals surface area contributed by atoms with Gasteiger partial charge < -0.3 is 10.1 Å². The molecule has 1 N–H and O–H groups in total. The average molecular weight is 353 g/mol. The van der Waals surface area contributed by atoms with Crippen LogP contribution in [0.2, 0.25) is 0 Å². The summed E-state index contributed by atoms with van der Waals surface area (Å²) in [6.45, 7) is 2.45. The Kier molecular flexibility index (Phi) is 5.26. The van der Waals surface area contributed by atoms with Crippen LogP contribution in [0.15, 0.2) is 53.6 Å². The Morgan fingerprint density at radius 2 is 2.00 bits per heavy atom. The summed E-state index contributed by atoms with van der Waals surface area (Å²) in [6, 6.07) is 6.35. The van der Waals surface area contributed by atoms with E-state index in [9.17, 15) is 14.4 Å². The molecule has 1 heterocycles. The number of benzene rings is 1. The Labute approximate surface area is 151 Å². The van der Waals surface area contributed by atoms with E-state index in [0.717, 1.165) is 10.6 Å². The Hall–Kier alpha value is -3.22. The Morgan fingerprint density at radius 1 is 1.23 bits per heavy atom. The maximum absolute atomic E-state index is 12.4. The van der Waals surface area contributed by atoms with Crippen molar-refractivity contribution in [2.24, 2.45) is 10.9 Å². The monoisotopic (exact) mass is 353 g/mol. The summed E-state index contributed by atoms with van der Waals surface area (Å²) in [5, 5.41) is 2.73. The summed E-state index contributed by atoms with van der Waals surface area (Å²) >= 11 is 0. The number of hydrogen-bond donors (Lipinski definition) is 1. The van der Waals surface area contributed by atoms with E-state index < -0.39 is 11.9 Å². The van der Waals surface area contributed by atoms with Crippen LogP contribution >= 0.6 is 0 Å². The molecule has 1 aliphatic carbocycles. The molecule has 3 rings (SSSR count). The lowest BCUT2D eigenvalue weighted by Gasteiger charge is -2.28. The predicted octanol–water partition coefficient (Wildman–Crippen LogP) is 2.56. The van der Waals surface area contributed by atoms with E-state index in [1.54, 1.807) is 48.6 Å². The lowest BCUT2D eigenvalue weighted by Crippen LogP contribution is -2.46. The minimum Gasteiger partial charge on any atom is -0.494 e. The molecule has 0 saturated heterocycles. The Bertz CT molecular complexity index is 809. The fourth-order valence-electron chi connectivity index (χ4n) is 2.72. The van der Waals surface area contributed by atoms with Crippen molar-refractivity contribution >= 4 is 29.2 Å². The van der Waals surface area contributed by atoms with Gasteiger partial charge in [0, 0.05) is 18.7 Å². The smallest absolute Gasteiger partial charge is 0.350 e. The lowest BCUT2D eigenvalue weighted by atomic mass is 9.95. The second-order valence-corrected chi connectivity index (χ2v) is 5.79. The number of carbonyl (C=O) groups is 3. The molecular weight excluding hydrogens is 334 g/mol. The molecule has 0 aromatic heterocycles. The minimum atomic E-state index is -0.630. The van der Waals surface area contributed by atoms with Gasteiger partial charge in [0.05, 0.1) is 18.2 Å². The number of fused-ring (bicyclic) bond motifs is 1. The number of imide groups is 1. The van der Waals surface area contributed by atoms with Gasteiger partial charge in [0.1, 0.15) is 5.75 Å². The second kappa shape index (κ2) is 7.77. The zero-order valence-corrected chi connectivity index (χ0v) is 14.3. The molecular formula is C19H19N3O4. The molecule has 26 heavy (non-hydrogen) atoms. The summed E-state index contributed by atoms with van der Waals surface area (Å²) in [6.07, 6.45) is 6.82. The molecule has 7 nitrogen and oxygen atoms in total. The number of anilines is 1. The number of carbonyl (C=O) groups excluding carboxylic acids is 3. The van der Waals surface area contributed by atoms with Gasteiger partial charge in [-0.3, -0.25) is 14.5 Å². The van der Waals surface area contributed by atoms with Crippen molar-refractivity contribution in [2.45, 2.75) is 13.3 Å². The third kappa shape index (κ3) is 3.88. The van der Waals surface area contributed by atoms with E-state index in [1.165, 1.54) is 0 Å². The van der Waals surface area contributed by atoms with Crippen molar-refractivity contribution in [1.29, 1.82) is 0 Å². The fourth-order valence-corrected chi connectivity index (χ4v) is 2.72. The van der Waals surface area contributed by atoms with Crippen molar-refractivity contribution in [3.8, 4) is 5.75 Å². The van der Waals surface area contributed by atoms with Crippen LogP contribution < -0.4 is 10.1 Å². The number of nitrogens with zero attached hydrogens (tertiary/aromatic N) is 2. The fraction of sp³-hybridized carbons (Fsp3) is 0.263. The van der Waals surface area contributed by atoms with Gasteiger partial charge in [-0.25, -0.2) is 4.79 Å². The number of ether oxygens (including phenoxy) is 1. The molecule has 0 saturated carbocycles. The quantitative estimate of drug-likeness (QED) is 0.851. The lowest BCUT2D eigenvalue weighted by molar-refractivity contribution is -0.129. The van der Waals surface area contributed by atoms with Gasteiger partial charge in [-0.05, 0) is 37.3 Å². The number of amides is 4. The van der Waals surface area contributed by atoms with Crippen LogP contribution in [-0.2, 0) is 9.59 Å². The van der Waals surface area contributed by atoms with Gasteiger partial charge in [-0.2, -0.15) is 4.99 Å². The van der Waals surface area contributed by atoms with Crippen molar-refractivity contribution in [2.75, 3.05) is 18.5 Å². The topological polar surface area (TPSA) is 88.1 Å².